The molecule has 1 N–H and O–H groups in total. The number of aryl methyl sites for hydroxylation is 1. The Hall–Kier alpha value is -2.18. The Morgan fingerprint density at radius 1 is 1.28 bits per heavy atom. The van der Waals surface area contributed by atoms with Crippen molar-refractivity contribution < 1.29 is 14.3 Å². The van der Waals surface area contributed by atoms with Gasteiger partial charge in [-0.05, 0) is 31.2 Å². The SMILES string of the molecule is CCCCn1nc(C(=O)OCC(=O)NCC2CCCCC2)ccc1=O. The van der Waals surface area contributed by atoms with Gasteiger partial charge in [0, 0.05) is 19.2 Å². The molecule has 138 valence electrons. The molecule has 0 unspecified atom stereocenters. The van der Waals surface area contributed by atoms with Crippen molar-refractivity contribution in [2.75, 3.05) is 13.2 Å². The van der Waals surface area contributed by atoms with Gasteiger partial charge in [-0.15, -0.1) is 0 Å². The van der Waals surface area contributed by atoms with Crippen molar-refractivity contribution in [3.05, 3.63) is 28.2 Å². The van der Waals surface area contributed by atoms with Crippen molar-refractivity contribution in [3.63, 3.8) is 0 Å². The zero-order chi connectivity index (χ0) is 18.1. The third-order valence-electron chi connectivity index (χ3n) is 4.45. The largest absolute Gasteiger partial charge is 0.451 e. The average Bonchev–Trinajstić information content (AvgIpc) is 2.64. The normalized spacial score (nSPS) is 14.9. The third kappa shape index (κ3) is 6.32. The van der Waals surface area contributed by atoms with Crippen molar-refractivity contribution in [1.82, 2.24) is 15.1 Å². The van der Waals surface area contributed by atoms with Gasteiger partial charge in [0.25, 0.3) is 11.5 Å². The molecule has 25 heavy (non-hydrogen) atoms. The molecular formula is C18H27N3O4. The summed E-state index contributed by atoms with van der Waals surface area (Å²) < 4.78 is 6.25. The molecule has 0 spiro atoms. The maximum absolute atomic E-state index is 12.0. The molecule has 1 aliphatic carbocycles. The summed E-state index contributed by atoms with van der Waals surface area (Å²) in [4.78, 5) is 35.5. The number of unbranched alkanes of at least 4 members (excludes halogenated alkanes) is 1. The number of rotatable bonds is 8. The lowest BCUT2D eigenvalue weighted by atomic mass is 9.89. The molecule has 1 aliphatic rings. The van der Waals surface area contributed by atoms with Gasteiger partial charge in [-0.3, -0.25) is 9.59 Å². The van der Waals surface area contributed by atoms with Crippen LogP contribution in [0.1, 0.15) is 62.4 Å². The topological polar surface area (TPSA) is 90.3 Å². The Bertz CT molecular complexity index is 635. The number of nitrogens with zero attached hydrogens (tertiary/aromatic N) is 2. The van der Waals surface area contributed by atoms with Crippen molar-refractivity contribution in [2.45, 2.75) is 58.4 Å². The maximum Gasteiger partial charge on any atom is 0.359 e. The van der Waals surface area contributed by atoms with E-state index in [0.29, 0.717) is 19.0 Å². The summed E-state index contributed by atoms with van der Waals surface area (Å²) in [6.45, 7) is 2.77. The highest BCUT2D eigenvalue weighted by atomic mass is 16.5. The minimum Gasteiger partial charge on any atom is -0.451 e. The van der Waals surface area contributed by atoms with E-state index < -0.39 is 5.97 Å². The lowest BCUT2D eigenvalue weighted by Gasteiger charge is -2.21. The van der Waals surface area contributed by atoms with E-state index in [9.17, 15) is 14.4 Å². The van der Waals surface area contributed by atoms with Crippen LogP contribution < -0.4 is 10.9 Å². The highest BCUT2D eigenvalue weighted by Gasteiger charge is 2.16. The molecule has 2 rings (SSSR count). The van der Waals surface area contributed by atoms with Gasteiger partial charge >= 0.3 is 5.97 Å². The summed E-state index contributed by atoms with van der Waals surface area (Å²) in [5.41, 5.74) is -0.217. The van der Waals surface area contributed by atoms with Crippen LogP contribution in [0.25, 0.3) is 0 Å². The van der Waals surface area contributed by atoms with E-state index in [1.54, 1.807) is 0 Å². The van der Waals surface area contributed by atoms with Crippen LogP contribution in [0.3, 0.4) is 0 Å². The minimum absolute atomic E-state index is 0.0378. The molecular weight excluding hydrogens is 322 g/mol. The predicted molar refractivity (Wildman–Crippen MR) is 93.3 cm³/mol. The molecule has 0 atom stereocenters. The van der Waals surface area contributed by atoms with E-state index in [-0.39, 0.29) is 23.8 Å². The third-order valence-corrected chi connectivity index (χ3v) is 4.45. The quantitative estimate of drug-likeness (QED) is 0.724. The van der Waals surface area contributed by atoms with Gasteiger partial charge in [-0.25, -0.2) is 9.48 Å². The van der Waals surface area contributed by atoms with Crippen LogP contribution in [0.5, 0.6) is 0 Å². The van der Waals surface area contributed by atoms with Crippen molar-refractivity contribution in [1.29, 1.82) is 0 Å². The highest BCUT2D eigenvalue weighted by Crippen LogP contribution is 2.22. The average molecular weight is 349 g/mol. The fraction of sp³-hybridized carbons (Fsp3) is 0.667. The number of amides is 1. The molecule has 1 aromatic heterocycles. The number of esters is 1. The fourth-order valence-corrected chi connectivity index (χ4v) is 2.93. The number of carbonyl (C=O) groups excluding carboxylic acids is 2. The van der Waals surface area contributed by atoms with Gasteiger partial charge in [-0.1, -0.05) is 32.6 Å². The molecule has 0 bridgehead atoms. The van der Waals surface area contributed by atoms with Gasteiger partial charge in [0.1, 0.15) is 0 Å². The lowest BCUT2D eigenvalue weighted by molar-refractivity contribution is -0.124. The Balaban J connectivity index is 1.78. The second-order valence-electron chi connectivity index (χ2n) is 6.52. The van der Waals surface area contributed by atoms with Crippen LogP contribution in [0.15, 0.2) is 16.9 Å². The van der Waals surface area contributed by atoms with Gasteiger partial charge in [0.2, 0.25) is 0 Å². The molecule has 0 aliphatic heterocycles. The molecule has 0 radical (unpaired) electrons. The first-order valence-electron chi connectivity index (χ1n) is 9.12. The van der Waals surface area contributed by atoms with Crippen LogP contribution in [-0.2, 0) is 16.1 Å². The van der Waals surface area contributed by atoms with Gasteiger partial charge in [0.05, 0.1) is 0 Å². The van der Waals surface area contributed by atoms with E-state index in [0.717, 1.165) is 25.7 Å². The second-order valence-corrected chi connectivity index (χ2v) is 6.52. The smallest absolute Gasteiger partial charge is 0.359 e. The van der Waals surface area contributed by atoms with Crippen molar-refractivity contribution in [3.8, 4) is 0 Å². The number of hydrogen-bond acceptors (Lipinski definition) is 5. The number of ether oxygens (including phenoxy) is 1. The zero-order valence-electron chi connectivity index (χ0n) is 14.8. The van der Waals surface area contributed by atoms with Crippen LogP contribution >= 0.6 is 0 Å². The zero-order valence-corrected chi connectivity index (χ0v) is 14.8. The fourth-order valence-electron chi connectivity index (χ4n) is 2.93. The van der Waals surface area contributed by atoms with Crippen LogP contribution in [-0.4, -0.2) is 34.8 Å². The summed E-state index contributed by atoms with van der Waals surface area (Å²) in [6, 6.07) is 2.62. The minimum atomic E-state index is -0.696. The molecule has 0 aromatic carbocycles. The lowest BCUT2D eigenvalue weighted by Crippen LogP contribution is -2.34. The molecule has 1 aromatic rings. The van der Waals surface area contributed by atoms with Gasteiger partial charge in [0.15, 0.2) is 12.3 Å². The highest BCUT2D eigenvalue weighted by molar-refractivity contribution is 5.89. The summed E-state index contributed by atoms with van der Waals surface area (Å²) in [7, 11) is 0. The van der Waals surface area contributed by atoms with Crippen LogP contribution in [0.2, 0.25) is 0 Å². The summed E-state index contributed by atoms with van der Waals surface area (Å²) >= 11 is 0. The summed E-state index contributed by atoms with van der Waals surface area (Å²) in [5, 5.41) is 6.82. The molecule has 1 fully saturated rings. The molecule has 1 saturated carbocycles. The van der Waals surface area contributed by atoms with E-state index in [4.69, 9.17) is 4.74 Å². The first-order valence-corrected chi connectivity index (χ1v) is 9.12. The van der Waals surface area contributed by atoms with Crippen molar-refractivity contribution in [2.24, 2.45) is 5.92 Å². The summed E-state index contributed by atoms with van der Waals surface area (Å²) in [5.74, 6) is -0.478. The number of nitrogens with one attached hydrogen (secondary N) is 1. The molecule has 0 saturated heterocycles. The standard InChI is InChI=1S/C18H27N3O4/c1-2-3-11-21-17(23)10-9-15(20-21)18(24)25-13-16(22)19-12-14-7-5-4-6-8-14/h9-10,14H,2-8,11-13H2,1H3,(H,19,22). The van der Waals surface area contributed by atoms with E-state index >= 15 is 0 Å². The Labute approximate surface area is 147 Å². The number of aromatic nitrogens is 2. The molecule has 7 heteroatoms. The Morgan fingerprint density at radius 3 is 2.76 bits per heavy atom. The first-order chi connectivity index (χ1) is 12.1. The first kappa shape index (κ1) is 19.1. The van der Waals surface area contributed by atoms with Gasteiger partial charge < -0.3 is 10.1 Å². The van der Waals surface area contributed by atoms with E-state index in [2.05, 4.69) is 10.4 Å². The van der Waals surface area contributed by atoms with Crippen LogP contribution in [0, 0.1) is 5.92 Å². The Morgan fingerprint density at radius 2 is 2.04 bits per heavy atom. The molecule has 7 nitrogen and oxygen atoms in total. The van der Waals surface area contributed by atoms with Crippen molar-refractivity contribution >= 4 is 11.9 Å². The maximum atomic E-state index is 12.0. The van der Waals surface area contributed by atoms with Crippen LogP contribution in [0.4, 0.5) is 0 Å². The second kappa shape index (κ2) is 9.96. The van der Waals surface area contributed by atoms with Gasteiger partial charge in [-0.2, -0.15) is 5.10 Å². The van der Waals surface area contributed by atoms with E-state index in [1.807, 2.05) is 6.92 Å². The molecule has 1 amide bonds. The predicted octanol–water partition coefficient (Wildman–Crippen LogP) is 1.90. The number of hydrogen-bond donors (Lipinski definition) is 1. The van der Waals surface area contributed by atoms with E-state index in [1.165, 1.54) is 36.1 Å². The Kier molecular flexibility index (Phi) is 7.63. The monoisotopic (exact) mass is 349 g/mol. The number of carbonyl (C=O) groups is 2. The summed E-state index contributed by atoms with van der Waals surface area (Å²) in [6.07, 6.45) is 7.71. The molecule has 1 heterocycles.